The molecule has 2 saturated carbocycles. The van der Waals surface area contributed by atoms with Crippen LogP contribution in [0.4, 0.5) is 4.79 Å². The minimum Gasteiger partial charge on any atom is -0.497 e. The number of hydrogen-bond donors (Lipinski definition) is 4. The average Bonchev–Trinajstić information content (AvgIpc) is 3.96. The van der Waals surface area contributed by atoms with E-state index in [9.17, 15) is 24.0 Å². The summed E-state index contributed by atoms with van der Waals surface area (Å²) in [6, 6.07) is 3.78. The third-order valence-corrected chi connectivity index (χ3v) is 8.97. The molecule has 13 nitrogen and oxygen atoms in total. The lowest BCUT2D eigenvalue weighted by atomic mass is 9.85. The molecule has 1 aromatic carbocycles. The van der Waals surface area contributed by atoms with Gasteiger partial charge in [0.15, 0.2) is 0 Å². The van der Waals surface area contributed by atoms with Crippen LogP contribution in [0.1, 0.15) is 80.1 Å². The second-order valence-electron chi connectivity index (χ2n) is 15.7. The van der Waals surface area contributed by atoms with E-state index in [1.165, 1.54) is 4.90 Å². The number of nitrogens with one attached hydrogen (secondary N) is 4. The predicted octanol–water partition coefficient (Wildman–Crippen LogP) is 3.24. The first-order chi connectivity index (χ1) is 23.0. The number of amides is 5. The van der Waals surface area contributed by atoms with Gasteiger partial charge >= 0.3 is 6.03 Å². The van der Waals surface area contributed by atoms with Crippen LogP contribution < -0.4 is 30.7 Å². The van der Waals surface area contributed by atoms with Crippen molar-refractivity contribution in [2.45, 2.75) is 116 Å². The predicted molar refractivity (Wildman–Crippen MR) is 183 cm³/mol. The van der Waals surface area contributed by atoms with E-state index in [1.54, 1.807) is 19.4 Å². The molecule has 0 spiro atoms. The largest absolute Gasteiger partial charge is 0.497 e. The Kier molecular flexibility index (Phi) is 10.4. The van der Waals surface area contributed by atoms with Crippen molar-refractivity contribution in [1.29, 1.82) is 0 Å². The summed E-state index contributed by atoms with van der Waals surface area (Å²) in [5.74, 6) is -1.14. The lowest BCUT2D eigenvalue weighted by molar-refractivity contribution is -0.144. The Morgan fingerprint density at radius 1 is 0.980 bits per heavy atom. The number of rotatable bonds is 12. The number of ketones is 1. The van der Waals surface area contributed by atoms with Crippen molar-refractivity contribution in [3.05, 3.63) is 30.5 Å². The molecular formula is C36H50N6O7. The number of carbonyl (C=O) groups is 5. The van der Waals surface area contributed by atoms with Crippen molar-refractivity contribution in [2.75, 3.05) is 13.7 Å². The van der Waals surface area contributed by atoms with Crippen LogP contribution in [0.2, 0.25) is 0 Å². The van der Waals surface area contributed by atoms with Crippen molar-refractivity contribution in [3.8, 4) is 11.6 Å². The summed E-state index contributed by atoms with van der Waals surface area (Å²) in [7, 11) is 1.59. The smallest absolute Gasteiger partial charge is 0.315 e. The monoisotopic (exact) mass is 678 g/mol. The molecule has 2 unspecified atom stereocenters. The second-order valence-corrected chi connectivity index (χ2v) is 15.7. The molecule has 0 radical (unpaired) electrons. The quantitative estimate of drug-likeness (QED) is 0.248. The number of nitrogens with zero attached hydrogens (tertiary/aromatic N) is 2. The summed E-state index contributed by atoms with van der Waals surface area (Å²) in [6.07, 6.45) is 4.94. The van der Waals surface area contributed by atoms with Crippen LogP contribution in [0.3, 0.4) is 0 Å². The molecule has 2 aliphatic carbocycles. The molecule has 1 aliphatic heterocycles. The maximum absolute atomic E-state index is 14.4. The highest BCUT2D eigenvalue weighted by molar-refractivity contribution is 6.38. The van der Waals surface area contributed by atoms with Crippen LogP contribution >= 0.6 is 0 Å². The molecular weight excluding hydrogens is 628 g/mol. The van der Waals surface area contributed by atoms with Gasteiger partial charge in [-0.05, 0) is 81.0 Å². The topological polar surface area (TPSA) is 168 Å². The van der Waals surface area contributed by atoms with Crippen LogP contribution in [-0.2, 0) is 19.2 Å². The highest BCUT2D eigenvalue weighted by atomic mass is 16.5. The number of methoxy groups -OCH3 is 1. The van der Waals surface area contributed by atoms with Gasteiger partial charge in [0.2, 0.25) is 23.5 Å². The van der Waals surface area contributed by atoms with Gasteiger partial charge in [-0.25, -0.2) is 9.78 Å². The Morgan fingerprint density at radius 2 is 1.69 bits per heavy atom. The normalized spacial score (nSPS) is 20.6. The molecule has 1 saturated heterocycles. The van der Waals surface area contributed by atoms with Gasteiger partial charge in [0.05, 0.1) is 19.7 Å². The number of aromatic nitrogens is 1. The number of likely N-dealkylation sites (tertiary alicyclic amines) is 1. The van der Waals surface area contributed by atoms with Crippen molar-refractivity contribution in [3.63, 3.8) is 0 Å². The molecule has 4 atom stereocenters. The Labute approximate surface area is 287 Å². The zero-order chi connectivity index (χ0) is 35.7. The third-order valence-electron chi connectivity index (χ3n) is 8.97. The van der Waals surface area contributed by atoms with E-state index in [0.29, 0.717) is 18.1 Å². The third kappa shape index (κ3) is 9.39. The van der Waals surface area contributed by atoms with Gasteiger partial charge in [0.25, 0.3) is 5.91 Å². The fraction of sp³-hybridized carbons (Fsp3) is 0.611. The van der Waals surface area contributed by atoms with E-state index in [0.717, 1.165) is 36.5 Å². The molecule has 266 valence electrons. The van der Waals surface area contributed by atoms with E-state index in [2.05, 4.69) is 26.3 Å². The van der Waals surface area contributed by atoms with Crippen LogP contribution in [-0.4, -0.2) is 88.9 Å². The lowest BCUT2D eigenvalue weighted by Gasteiger charge is -2.36. The number of hydrogen-bond acceptors (Lipinski definition) is 8. The standard InChI is InChI=1S/C36H50N6O7/c1-35(2,3)29(40-34(47)41-36(4,5)6)33(46)42-19-24(49-32-25-13-12-23(48-7)17-21(25)14-15-37-32)18-27(42)30(44)39-26(16-20-8-9-20)28(43)31(45)38-22-10-11-22/h12-15,17,20,22,24,26-27,29H,8-11,16,18-19H2,1-7H3,(H,38,45)(H,39,44)(H2,40,41,47)/t24-,26?,27+,29?/m1/s1. The Balaban J connectivity index is 1.41. The van der Waals surface area contributed by atoms with Crippen LogP contribution in [0.15, 0.2) is 30.5 Å². The molecule has 3 aliphatic rings. The summed E-state index contributed by atoms with van der Waals surface area (Å²) in [5, 5.41) is 12.8. The van der Waals surface area contributed by atoms with Crippen molar-refractivity contribution < 1.29 is 33.4 Å². The Bertz CT molecular complexity index is 1590. The fourth-order valence-electron chi connectivity index (χ4n) is 6.03. The van der Waals surface area contributed by atoms with Crippen molar-refractivity contribution in [1.82, 2.24) is 31.2 Å². The van der Waals surface area contributed by atoms with Crippen molar-refractivity contribution >= 4 is 40.3 Å². The second kappa shape index (κ2) is 14.2. The molecule has 5 rings (SSSR count). The number of carbonyl (C=O) groups excluding carboxylic acids is 5. The lowest BCUT2D eigenvalue weighted by Crippen LogP contribution is -2.61. The number of fused-ring (bicyclic) bond motifs is 1. The summed E-state index contributed by atoms with van der Waals surface area (Å²) >= 11 is 0. The Morgan fingerprint density at radius 3 is 2.31 bits per heavy atom. The van der Waals surface area contributed by atoms with Gasteiger partial charge in [-0.3, -0.25) is 19.2 Å². The number of Topliss-reactive ketones (excluding diaryl/α,β-unsaturated/α-hetero) is 1. The van der Waals surface area contributed by atoms with E-state index in [1.807, 2.05) is 59.7 Å². The summed E-state index contributed by atoms with van der Waals surface area (Å²) in [4.78, 5) is 73.5. The summed E-state index contributed by atoms with van der Waals surface area (Å²) < 4.78 is 11.8. The van der Waals surface area contributed by atoms with Crippen LogP contribution in [0.5, 0.6) is 11.6 Å². The van der Waals surface area contributed by atoms with E-state index >= 15 is 0 Å². The molecule has 3 fully saturated rings. The molecule has 13 heteroatoms. The minimum absolute atomic E-state index is 0.00402. The number of urea groups is 1. The Hall–Kier alpha value is -4.42. The number of pyridine rings is 1. The molecule has 2 aromatic rings. The van der Waals surface area contributed by atoms with E-state index < -0.39 is 64.7 Å². The highest BCUT2D eigenvalue weighted by Gasteiger charge is 2.47. The molecule has 49 heavy (non-hydrogen) atoms. The zero-order valence-electron chi connectivity index (χ0n) is 29.6. The SMILES string of the molecule is COc1ccc2c(O[C@@H]3C[C@@H](C(=O)NC(CC4CC4)C(=O)C(=O)NC4CC4)N(C(=O)C(NC(=O)NC(C)(C)C)C(C)(C)C)C3)nccc2c1. The van der Waals surface area contributed by atoms with Gasteiger partial charge < -0.3 is 35.6 Å². The number of benzene rings is 1. The van der Waals surface area contributed by atoms with Gasteiger partial charge in [-0.2, -0.15) is 0 Å². The average molecular weight is 679 g/mol. The van der Waals surface area contributed by atoms with Gasteiger partial charge in [0.1, 0.15) is 23.9 Å². The molecule has 1 aromatic heterocycles. The van der Waals surface area contributed by atoms with Gasteiger partial charge in [-0.1, -0.05) is 33.6 Å². The molecule has 2 heterocycles. The first-order valence-electron chi connectivity index (χ1n) is 17.2. The maximum Gasteiger partial charge on any atom is 0.315 e. The summed E-state index contributed by atoms with van der Waals surface area (Å²) in [6.45, 7) is 11.1. The molecule has 0 bridgehead atoms. The first kappa shape index (κ1) is 35.9. The zero-order valence-corrected chi connectivity index (χ0v) is 29.6. The van der Waals surface area contributed by atoms with Gasteiger partial charge in [0, 0.05) is 29.6 Å². The van der Waals surface area contributed by atoms with Crippen LogP contribution in [0, 0.1) is 11.3 Å². The molecule has 5 amide bonds. The molecule has 4 N–H and O–H groups in total. The van der Waals surface area contributed by atoms with Crippen LogP contribution in [0.25, 0.3) is 10.8 Å². The van der Waals surface area contributed by atoms with E-state index in [-0.39, 0.29) is 24.9 Å². The van der Waals surface area contributed by atoms with Gasteiger partial charge in [-0.15, -0.1) is 0 Å². The van der Waals surface area contributed by atoms with E-state index in [4.69, 9.17) is 9.47 Å². The fourth-order valence-corrected chi connectivity index (χ4v) is 6.03. The number of ether oxygens (including phenoxy) is 2. The highest BCUT2D eigenvalue weighted by Crippen LogP contribution is 2.35. The maximum atomic E-state index is 14.4. The van der Waals surface area contributed by atoms with Crippen molar-refractivity contribution in [2.24, 2.45) is 11.3 Å². The minimum atomic E-state index is -1.04. The summed E-state index contributed by atoms with van der Waals surface area (Å²) in [5.41, 5.74) is -1.27. The first-order valence-corrected chi connectivity index (χ1v) is 17.2.